The van der Waals surface area contributed by atoms with Crippen LogP contribution in [0.3, 0.4) is 0 Å². The van der Waals surface area contributed by atoms with E-state index in [0.717, 1.165) is 0 Å². The first-order valence-electron chi connectivity index (χ1n) is 6.47. The molecule has 0 radical (unpaired) electrons. The molecule has 1 unspecified atom stereocenters. The molecule has 1 heterocycles. The van der Waals surface area contributed by atoms with Gasteiger partial charge in [-0.05, 0) is 12.1 Å². The fraction of sp³-hybridized carbons (Fsp3) is 0.500. The van der Waals surface area contributed by atoms with E-state index < -0.39 is 6.10 Å². The second kappa shape index (κ2) is 6.00. The number of ether oxygens (including phenoxy) is 2. The van der Waals surface area contributed by atoms with Crippen LogP contribution >= 0.6 is 0 Å². The van der Waals surface area contributed by atoms with Crippen LogP contribution in [0.25, 0.3) is 0 Å². The Morgan fingerprint density at radius 1 is 1.30 bits per heavy atom. The zero-order valence-electron chi connectivity index (χ0n) is 12.0. The van der Waals surface area contributed by atoms with Gasteiger partial charge in [-0.15, -0.1) is 0 Å². The zero-order chi connectivity index (χ0) is 14.7. The van der Waals surface area contributed by atoms with Crippen LogP contribution in [0.2, 0.25) is 0 Å². The molecule has 1 aliphatic heterocycles. The predicted octanol–water partition coefficient (Wildman–Crippen LogP) is 1.10. The van der Waals surface area contributed by atoms with Crippen molar-refractivity contribution >= 4 is 6.03 Å². The van der Waals surface area contributed by atoms with Crippen molar-refractivity contribution in [3.63, 3.8) is 0 Å². The number of aliphatic hydroxyl groups excluding tert-OH is 1. The molecule has 1 aliphatic rings. The molecule has 0 spiro atoms. The van der Waals surface area contributed by atoms with E-state index in [0.29, 0.717) is 30.2 Å². The standard InChI is InChI=1S/C14H20N2O4/c1-15-6-7-16(14(15)18)9-12(17)11-5-4-10(19-2)8-13(11)20-3/h4-5,8,12,17H,6-7,9H2,1-3H3. The van der Waals surface area contributed by atoms with Gasteiger partial charge < -0.3 is 24.4 Å². The first kappa shape index (κ1) is 14.5. The van der Waals surface area contributed by atoms with Crippen molar-refractivity contribution in [2.75, 3.05) is 40.9 Å². The lowest BCUT2D eigenvalue weighted by Gasteiger charge is -2.21. The maximum atomic E-state index is 11.8. The summed E-state index contributed by atoms with van der Waals surface area (Å²) in [5.41, 5.74) is 0.649. The molecular weight excluding hydrogens is 260 g/mol. The molecule has 1 N–H and O–H groups in total. The fourth-order valence-corrected chi connectivity index (χ4v) is 2.27. The molecular formula is C14H20N2O4. The normalized spacial score (nSPS) is 16.5. The second-order valence-corrected chi connectivity index (χ2v) is 4.77. The molecule has 1 aromatic carbocycles. The molecule has 0 aliphatic carbocycles. The number of aliphatic hydroxyl groups is 1. The number of hydrogen-bond donors (Lipinski definition) is 1. The smallest absolute Gasteiger partial charge is 0.319 e. The number of nitrogens with zero attached hydrogens (tertiary/aromatic N) is 2. The largest absolute Gasteiger partial charge is 0.497 e. The summed E-state index contributed by atoms with van der Waals surface area (Å²) in [4.78, 5) is 15.1. The highest BCUT2D eigenvalue weighted by molar-refractivity contribution is 5.76. The quantitative estimate of drug-likeness (QED) is 0.877. The highest BCUT2D eigenvalue weighted by Gasteiger charge is 2.28. The Labute approximate surface area is 118 Å². The summed E-state index contributed by atoms with van der Waals surface area (Å²) in [5.74, 6) is 1.21. The van der Waals surface area contributed by atoms with E-state index in [1.807, 2.05) is 0 Å². The summed E-state index contributed by atoms with van der Waals surface area (Å²) in [6.07, 6.45) is -0.786. The minimum Gasteiger partial charge on any atom is -0.497 e. The Balaban J connectivity index is 2.12. The molecule has 6 nitrogen and oxygen atoms in total. The first-order chi connectivity index (χ1) is 9.56. The highest BCUT2D eigenvalue weighted by atomic mass is 16.5. The Morgan fingerprint density at radius 3 is 2.60 bits per heavy atom. The number of likely N-dealkylation sites (N-methyl/N-ethyl adjacent to an activating group) is 1. The summed E-state index contributed by atoms with van der Waals surface area (Å²) in [6.45, 7) is 1.57. The number of urea groups is 1. The van der Waals surface area contributed by atoms with E-state index in [1.54, 1.807) is 49.3 Å². The van der Waals surface area contributed by atoms with Crippen LogP contribution in [0.4, 0.5) is 4.79 Å². The molecule has 0 aromatic heterocycles. The molecule has 110 valence electrons. The van der Waals surface area contributed by atoms with E-state index in [4.69, 9.17) is 9.47 Å². The molecule has 2 rings (SSSR count). The van der Waals surface area contributed by atoms with Crippen LogP contribution in [0.15, 0.2) is 18.2 Å². The van der Waals surface area contributed by atoms with E-state index in [1.165, 1.54) is 0 Å². The topological polar surface area (TPSA) is 62.2 Å². The molecule has 6 heteroatoms. The van der Waals surface area contributed by atoms with Crippen LogP contribution in [-0.2, 0) is 0 Å². The maximum Gasteiger partial charge on any atom is 0.319 e. The SMILES string of the molecule is COc1ccc(C(O)CN2CCN(C)C2=O)c(OC)c1. The van der Waals surface area contributed by atoms with Gasteiger partial charge in [0.25, 0.3) is 0 Å². The number of β-amino-alcohol motifs (C(OH)–C–C–N with tert-alkyl or cyclic N) is 1. The predicted molar refractivity (Wildman–Crippen MR) is 74.1 cm³/mol. The van der Waals surface area contributed by atoms with E-state index in [2.05, 4.69) is 0 Å². The monoisotopic (exact) mass is 280 g/mol. The summed E-state index contributed by atoms with van der Waals surface area (Å²) in [7, 11) is 4.87. The van der Waals surface area contributed by atoms with Gasteiger partial charge in [-0.1, -0.05) is 0 Å². The Kier molecular flexibility index (Phi) is 4.34. The molecule has 20 heavy (non-hydrogen) atoms. The zero-order valence-corrected chi connectivity index (χ0v) is 12.0. The number of rotatable bonds is 5. The fourth-order valence-electron chi connectivity index (χ4n) is 2.27. The lowest BCUT2D eigenvalue weighted by molar-refractivity contribution is 0.126. The van der Waals surface area contributed by atoms with Crippen LogP contribution in [0.5, 0.6) is 11.5 Å². The molecule has 1 fully saturated rings. The summed E-state index contributed by atoms with van der Waals surface area (Å²) < 4.78 is 10.4. The van der Waals surface area contributed by atoms with E-state index in [-0.39, 0.29) is 12.6 Å². The molecule has 0 bridgehead atoms. The van der Waals surface area contributed by atoms with Gasteiger partial charge in [-0.2, -0.15) is 0 Å². The van der Waals surface area contributed by atoms with Gasteiger partial charge in [-0.3, -0.25) is 0 Å². The first-order valence-corrected chi connectivity index (χ1v) is 6.47. The number of methoxy groups -OCH3 is 2. The molecule has 1 aromatic rings. The minimum absolute atomic E-state index is 0.0588. The molecule has 1 atom stereocenters. The molecule has 1 saturated heterocycles. The van der Waals surface area contributed by atoms with Crippen molar-refractivity contribution in [2.24, 2.45) is 0 Å². The van der Waals surface area contributed by atoms with Crippen molar-refractivity contribution in [2.45, 2.75) is 6.10 Å². The lowest BCUT2D eigenvalue weighted by atomic mass is 10.1. The summed E-state index contributed by atoms with van der Waals surface area (Å²) in [6, 6.07) is 5.18. The highest BCUT2D eigenvalue weighted by Crippen LogP contribution is 2.30. The van der Waals surface area contributed by atoms with Crippen LogP contribution < -0.4 is 9.47 Å². The van der Waals surface area contributed by atoms with Gasteiger partial charge in [-0.25, -0.2) is 4.79 Å². The van der Waals surface area contributed by atoms with Gasteiger partial charge in [0.2, 0.25) is 0 Å². The summed E-state index contributed by atoms with van der Waals surface area (Å²) >= 11 is 0. The van der Waals surface area contributed by atoms with Crippen molar-refractivity contribution in [1.29, 1.82) is 0 Å². The third kappa shape index (κ3) is 2.80. The molecule has 2 amide bonds. The average molecular weight is 280 g/mol. The van der Waals surface area contributed by atoms with Crippen LogP contribution in [0, 0.1) is 0 Å². The molecule has 0 saturated carbocycles. The number of carbonyl (C=O) groups is 1. The minimum atomic E-state index is -0.786. The third-order valence-electron chi connectivity index (χ3n) is 3.50. The van der Waals surface area contributed by atoms with Gasteiger partial charge in [0.05, 0.1) is 20.8 Å². The lowest BCUT2D eigenvalue weighted by Crippen LogP contribution is -2.33. The number of benzene rings is 1. The second-order valence-electron chi connectivity index (χ2n) is 4.77. The van der Waals surface area contributed by atoms with Crippen molar-refractivity contribution in [3.8, 4) is 11.5 Å². The Morgan fingerprint density at radius 2 is 2.05 bits per heavy atom. The van der Waals surface area contributed by atoms with Crippen molar-refractivity contribution < 1.29 is 19.4 Å². The summed E-state index contributed by atoms with van der Waals surface area (Å²) in [5, 5.41) is 10.3. The maximum absolute atomic E-state index is 11.8. The Hall–Kier alpha value is -1.95. The van der Waals surface area contributed by atoms with Gasteiger partial charge in [0, 0.05) is 31.8 Å². The van der Waals surface area contributed by atoms with E-state index in [9.17, 15) is 9.90 Å². The van der Waals surface area contributed by atoms with Gasteiger partial charge in [0.1, 0.15) is 17.6 Å². The number of amides is 2. The Bertz CT molecular complexity index is 492. The number of hydrogen-bond acceptors (Lipinski definition) is 4. The van der Waals surface area contributed by atoms with Gasteiger partial charge in [0.15, 0.2) is 0 Å². The number of carbonyl (C=O) groups excluding carboxylic acids is 1. The van der Waals surface area contributed by atoms with Crippen LogP contribution in [0.1, 0.15) is 11.7 Å². The van der Waals surface area contributed by atoms with Gasteiger partial charge >= 0.3 is 6.03 Å². The third-order valence-corrected chi connectivity index (χ3v) is 3.50. The van der Waals surface area contributed by atoms with Crippen molar-refractivity contribution in [3.05, 3.63) is 23.8 Å². The average Bonchev–Trinajstić information content (AvgIpc) is 2.78. The van der Waals surface area contributed by atoms with E-state index >= 15 is 0 Å². The van der Waals surface area contributed by atoms with Crippen molar-refractivity contribution in [1.82, 2.24) is 9.80 Å². The van der Waals surface area contributed by atoms with Crippen LogP contribution in [-0.4, -0.2) is 61.8 Å².